The summed E-state index contributed by atoms with van der Waals surface area (Å²) in [7, 11) is 2.00. The van der Waals surface area contributed by atoms with Gasteiger partial charge in [0, 0.05) is 63.4 Å². The van der Waals surface area contributed by atoms with Crippen LogP contribution in [0.4, 0.5) is 20.4 Å². The summed E-state index contributed by atoms with van der Waals surface area (Å²) in [4.78, 5) is 31.7. The van der Waals surface area contributed by atoms with Gasteiger partial charge in [0.15, 0.2) is 0 Å². The molecule has 6 aromatic heterocycles. The molecule has 275 valence electrons. The molecule has 18 heteroatoms. The Hall–Kier alpha value is -4.27. The fourth-order valence-corrected chi connectivity index (χ4v) is 6.36. The maximum atomic E-state index is 14.0. The van der Waals surface area contributed by atoms with Crippen LogP contribution in [0, 0.1) is 21.3 Å². The van der Waals surface area contributed by atoms with Crippen molar-refractivity contribution < 1.29 is 50.9 Å². The number of anilines is 2. The molecule has 0 saturated heterocycles. The zero-order chi connectivity index (χ0) is 36.9. The van der Waals surface area contributed by atoms with E-state index in [9.17, 15) is 8.78 Å². The normalized spacial score (nSPS) is 11.7. The van der Waals surface area contributed by atoms with Gasteiger partial charge >= 0.3 is 0 Å². The zero-order valence-electron chi connectivity index (χ0n) is 29.5. The summed E-state index contributed by atoms with van der Waals surface area (Å²) in [6.45, 7) is 8.01. The average molecular weight is 1180 g/mol. The second kappa shape index (κ2) is 18.9. The molecular formula is C36H34BF2IN12W2-. The van der Waals surface area contributed by atoms with Crippen LogP contribution in [0.2, 0.25) is 13.6 Å². The predicted molar refractivity (Wildman–Crippen MR) is 209 cm³/mol. The molecular weight excluding hydrogens is 1140 g/mol. The van der Waals surface area contributed by atoms with E-state index in [1.807, 2.05) is 50.1 Å². The molecule has 0 amide bonds. The summed E-state index contributed by atoms with van der Waals surface area (Å²) in [6.07, 6.45) is 10.0. The van der Waals surface area contributed by atoms with E-state index in [0.717, 1.165) is 26.0 Å². The van der Waals surface area contributed by atoms with Gasteiger partial charge in [0.2, 0.25) is 0 Å². The number of hydrogen-bond donors (Lipinski definition) is 4. The largest absolute Gasteiger partial charge is 0.434 e. The van der Waals surface area contributed by atoms with Crippen molar-refractivity contribution in [3.05, 3.63) is 119 Å². The molecule has 6 N–H and O–H groups in total. The SMILES string of the molecule is CC(c1cnc(-c2ccccc2F)[nH]1)n1c[c-]c2c(N)ncnc21.CC(c1cnc(-c2ccccc2F)[nH]1)n1cc(I)c2c(N)ncnc21.C[B]C.[W].[W]. The number of imidazole rings is 2. The number of nitrogens with zero attached hydrogens (tertiary/aromatic N) is 8. The Morgan fingerprint density at radius 3 is 1.74 bits per heavy atom. The number of nitrogen functional groups attached to an aromatic ring is 2. The van der Waals surface area contributed by atoms with Gasteiger partial charge in [0.25, 0.3) is 0 Å². The molecule has 2 atom stereocenters. The Labute approximate surface area is 353 Å². The Bertz CT molecular complexity index is 2470. The zero-order valence-corrected chi connectivity index (χ0v) is 37.5. The second-order valence-corrected chi connectivity index (χ2v) is 12.9. The quantitative estimate of drug-likeness (QED) is 0.0755. The van der Waals surface area contributed by atoms with Crippen molar-refractivity contribution in [3.8, 4) is 22.8 Å². The summed E-state index contributed by atoms with van der Waals surface area (Å²) in [5, 5.41) is 1.52. The molecule has 0 aliphatic heterocycles. The number of nitrogens with two attached hydrogens (primary N) is 2. The number of H-pyrrole nitrogens is 2. The van der Waals surface area contributed by atoms with E-state index in [2.05, 4.69) is 68.5 Å². The number of benzene rings is 2. The topological polar surface area (TPSA) is 171 Å². The van der Waals surface area contributed by atoms with Gasteiger partial charge in [0.05, 0.1) is 58.7 Å². The van der Waals surface area contributed by atoms with Gasteiger partial charge in [-0.05, 0) is 60.7 Å². The van der Waals surface area contributed by atoms with Crippen molar-refractivity contribution in [1.82, 2.24) is 49.0 Å². The van der Waals surface area contributed by atoms with Crippen LogP contribution in [-0.4, -0.2) is 56.3 Å². The third kappa shape index (κ3) is 8.82. The predicted octanol–water partition coefficient (Wildman–Crippen LogP) is 7.49. The fourth-order valence-electron chi connectivity index (χ4n) is 5.55. The van der Waals surface area contributed by atoms with Crippen LogP contribution in [-0.2, 0) is 42.1 Å². The Kier molecular flexibility index (Phi) is 14.8. The molecule has 0 aliphatic rings. The molecule has 1 radical (unpaired) electrons. The number of aromatic amines is 2. The van der Waals surface area contributed by atoms with Crippen LogP contribution in [0.3, 0.4) is 0 Å². The molecule has 12 nitrogen and oxygen atoms in total. The number of halogens is 3. The van der Waals surface area contributed by atoms with Crippen LogP contribution in [0.5, 0.6) is 0 Å². The fraction of sp³-hybridized carbons (Fsp3) is 0.167. The molecule has 0 spiro atoms. The van der Waals surface area contributed by atoms with Gasteiger partial charge in [-0.25, -0.2) is 28.7 Å². The van der Waals surface area contributed by atoms with E-state index in [1.54, 1.807) is 55.0 Å². The van der Waals surface area contributed by atoms with E-state index in [4.69, 9.17) is 11.5 Å². The van der Waals surface area contributed by atoms with E-state index < -0.39 is 0 Å². The third-order valence-corrected chi connectivity index (χ3v) is 9.04. The van der Waals surface area contributed by atoms with Gasteiger partial charge in [-0.1, -0.05) is 44.1 Å². The van der Waals surface area contributed by atoms with Crippen molar-refractivity contribution in [1.29, 1.82) is 0 Å². The van der Waals surface area contributed by atoms with Crippen LogP contribution in [0.25, 0.3) is 44.8 Å². The Balaban J connectivity index is 0.000000217. The van der Waals surface area contributed by atoms with Crippen LogP contribution in [0.1, 0.15) is 37.3 Å². The number of hydrogen-bond acceptors (Lipinski definition) is 8. The van der Waals surface area contributed by atoms with Crippen molar-refractivity contribution in [2.45, 2.75) is 39.6 Å². The van der Waals surface area contributed by atoms with Crippen molar-refractivity contribution in [3.63, 3.8) is 0 Å². The average Bonchev–Trinajstić information content (AvgIpc) is 3.96. The van der Waals surface area contributed by atoms with Crippen molar-refractivity contribution in [2.24, 2.45) is 0 Å². The van der Waals surface area contributed by atoms with Gasteiger partial charge in [0.1, 0.15) is 48.4 Å². The first-order chi connectivity index (χ1) is 25.1. The minimum atomic E-state index is -0.314. The Morgan fingerprint density at radius 1 is 0.722 bits per heavy atom. The summed E-state index contributed by atoms with van der Waals surface area (Å²) >= 11 is 2.22. The first-order valence-corrected chi connectivity index (χ1v) is 17.3. The second-order valence-electron chi connectivity index (χ2n) is 11.7. The van der Waals surface area contributed by atoms with E-state index in [1.165, 1.54) is 24.8 Å². The summed E-state index contributed by atoms with van der Waals surface area (Å²) in [5.41, 5.74) is 15.8. The number of fused-ring (bicyclic) bond motifs is 2. The van der Waals surface area contributed by atoms with Crippen LogP contribution >= 0.6 is 22.6 Å². The number of aromatic nitrogens is 10. The number of nitrogens with one attached hydrogen (secondary N) is 2. The molecule has 2 aromatic carbocycles. The molecule has 0 fully saturated rings. The van der Waals surface area contributed by atoms with Crippen molar-refractivity contribution in [2.75, 3.05) is 11.5 Å². The maximum absolute atomic E-state index is 14.0. The minimum absolute atomic E-state index is 0. The first-order valence-electron chi connectivity index (χ1n) is 16.2. The monoisotopic (exact) mass is 1180 g/mol. The summed E-state index contributed by atoms with van der Waals surface area (Å²) < 4.78 is 32.8. The van der Waals surface area contributed by atoms with E-state index in [0.29, 0.717) is 45.4 Å². The molecule has 8 rings (SSSR count). The Morgan fingerprint density at radius 2 is 1.20 bits per heavy atom. The first kappa shape index (κ1) is 42.5. The smallest absolute Gasteiger partial charge is 0.147 e. The number of rotatable bonds is 6. The molecule has 0 bridgehead atoms. The summed E-state index contributed by atoms with van der Waals surface area (Å²) in [5.74, 6) is 1.22. The van der Waals surface area contributed by atoms with Gasteiger partial charge in [-0.15, -0.1) is 5.39 Å². The van der Waals surface area contributed by atoms with Crippen LogP contribution < -0.4 is 11.5 Å². The van der Waals surface area contributed by atoms with Gasteiger partial charge in [-0.2, -0.15) is 6.07 Å². The van der Waals surface area contributed by atoms with Gasteiger partial charge in [-0.3, -0.25) is 9.97 Å². The maximum Gasteiger partial charge on any atom is 0.147 e. The van der Waals surface area contributed by atoms with Crippen LogP contribution in [0.15, 0.2) is 86.0 Å². The standard InChI is InChI=1S/C17H14FIN6.C17H14FN6.C2H6B.2W/c1-9(25-7-12(19)14-15(20)22-8-23-17(14)25)13-6-21-16(24-13)10-4-2-3-5-11(10)18;1-10(24-7-6-12-15(19)21-9-22-17(12)24)14-8-20-16(23-14)11-4-2-3-5-13(11)18;1-3-2;;/h2-9H,1H3,(H,21,24)(H2,20,22,23);2-5,7-10H,1H3,(H,20,23)(H2,19,21,22);1-2H3;;/q;-1;;;. The van der Waals surface area contributed by atoms with E-state index >= 15 is 0 Å². The molecule has 6 heterocycles. The van der Waals surface area contributed by atoms with Crippen molar-refractivity contribution >= 4 is 63.6 Å². The molecule has 54 heavy (non-hydrogen) atoms. The van der Waals surface area contributed by atoms with E-state index in [-0.39, 0.29) is 65.8 Å². The molecule has 0 aliphatic carbocycles. The molecule has 8 aromatic rings. The molecule has 2 unspecified atom stereocenters. The minimum Gasteiger partial charge on any atom is -0.434 e. The van der Waals surface area contributed by atoms with Gasteiger partial charge < -0.3 is 30.6 Å². The third-order valence-electron chi connectivity index (χ3n) is 8.23. The summed E-state index contributed by atoms with van der Waals surface area (Å²) in [6, 6.07) is 16.0. The molecule has 0 saturated carbocycles.